The van der Waals surface area contributed by atoms with Gasteiger partial charge in [0.05, 0.1) is 0 Å². The van der Waals surface area contributed by atoms with E-state index in [2.05, 4.69) is 4.98 Å². The molecule has 0 radical (unpaired) electrons. The number of carbonyl (C=O) groups excluding carboxylic acids is 2. The Hall–Kier alpha value is -1.91. The zero-order valence-corrected chi connectivity index (χ0v) is 12.9. The Morgan fingerprint density at radius 1 is 1.32 bits per heavy atom. The van der Waals surface area contributed by atoms with Gasteiger partial charge < -0.3 is 9.80 Å². The fraction of sp³-hybridized carbons (Fsp3) is 0.588. The quantitative estimate of drug-likeness (QED) is 0.849. The predicted molar refractivity (Wildman–Crippen MR) is 83.1 cm³/mol. The van der Waals surface area contributed by atoms with Gasteiger partial charge >= 0.3 is 0 Å². The number of nitrogens with zero attached hydrogens (tertiary/aromatic N) is 3. The van der Waals surface area contributed by atoms with Gasteiger partial charge in [0.25, 0.3) is 0 Å². The molecule has 3 rings (SSSR count). The van der Waals surface area contributed by atoms with E-state index in [1.54, 1.807) is 6.20 Å². The smallest absolute Gasteiger partial charge is 0.222 e. The van der Waals surface area contributed by atoms with Crippen molar-refractivity contribution in [2.75, 3.05) is 19.6 Å². The van der Waals surface area contributed by atoms with Crippen LogP contribution in [0.5, 0.6) is 0 Å². The molecule has 2 saturated heterocycles. The van der Waals surface area contributed by atoms with Gasteiger partial charge in [-0.15, -0.1) is 0 Å². The Balaban J connectivity index is 1.53. The molecule has 0 saturated carbocycles. The topological polar surface area (TPSA) is 53.5 Å². The lowest BCUT2D eigenvalue weighted by Crippen LogP contribution is -2.50. The highest BCUT2D eigenvalue weighted by Crippen LogP contribution is 2.22. The Morgan fingerprint density at radius 3 is 2.95 bits per heavy atom. The van der Waals surface area contributed by atoms with Crippen LogP contribution in [0.2, 0.25) is 0 Å². The number of amides is 2. The first-order valence-corrected chi connectivity index (χ1v) is 8.20. The molecule has 1 atom stereocenters. The third kappa shape index (κ3) is 3.46. The molecule has 22 heavy (non-hydrogen) atoms. The zero-order valence-electron chi connectivity index (χ0n) is 12.9. The van der Waals surface area contributed by atoms with Gasteiger partial charge in [-0.05, 0) is 37.3 Å². The number of likely N-dealkylation sites (tertiary alicyclic amines) is 2. The molecule has 0 unspecified atom stereocenters. The van der Waals surface area contributed by atoms with Crippen molar-refractivity contribution >= 4 is 11.8 Å². The summed E-state index contributed by atoms with van der Waals surface area (Å²) in [4.78, 5) is 32.3. The van der Waals surface area contributed by atoms with Crippen molar-refractivity contribution in [2.24, 2.45) is 0 Å². The first-order valence-electron chi connectivity index (χ1n) is 8.20. The molecule has 5 heteroatoms. The molecule has 2 aliphatic rings. The number of hydrogen-bond donors (Lipinski definition) is 0. The summed E-state index contributed by atoms with van der Waals surface area (Å²) in [7, 11) is 0. The monoisotopic (exact) mass is 301 g/mol. The van der Waals surface area contributed by atoms with Crippen LogP contribution in [0.25, 0.3) is 0 Å². The molecule has 0 spiro atoms. The van der Waals surface area contributed by atoms with Crippen LogP contribution in [0.4, 0.5) is 0 Å². The first kappa shape index (κ1) is 15.0. The summed E-state index contributed by atoms with van der Waals surface area (Å²) in [6.07, 6.45) is 8.46. The fourth-order valence-corrected chi connectivity index (χ4v) is 3.45. The molecule has 1 aromatic rings. The highest BCUT2D eigenvalue weighted by molar-refractivity contribution is 5.79. The molecule has 2 fully saturated rings. The maximum atomic E-state index is 12.4. The van der Waals surface area contributed by atoms with Crippen molar-refractivity contribution in [3.05, 3.63) is 30.1 Å². The molecule has 3 heterocycles. The van der Waals surface area contributed by atoms with E-state index in [0.29, 0.717) is 19.4 Å². The Morgan fingerprint density at radius 2 is 2.23 bits per heavy atom. The predicted octanol–water partition coefficient (Wildman–Crippen LogP) is 1.63. The maximum absolute atomic E-state index is 12.4. The number of aryl methyl sites for hydroxylation is 1. The second-order valence-corrected chi connectivity index (χ2v) is 6.19. The number of rotatable bonds is 4. The standard InChI is InChI=1S/C17H23N3O2/c21-16(8-7-14-4-1-9-18-12-14)19-10-2-5-15(13-19)20-11-3-6-17(20)22/h1,4,9,12,15H,2-3,5-8,10-11,13H2/t15-/m1/s1. The van der Waals surface area contributed by atoms with Crippen LogP contribution in [0, 0.1) is 0 Å². The van der Waals surface area contributed by atoms with Gasteiger partial charge in [-0.3, -0.25) is 14.6 Å². The average molecular weight is 301 g/mol. The molecule has 118 valence electrons. The SMILES string of the molecule is O=C(CCc1cccnc1)N1CCC[C@@H](N2CCCC2=O)C1. The van der Waals surface area contributed by atoms with Crippen LogP contribution in [0.1, 0.15) is 37.7 Å². The third-order valence-corrected chi connectivity index (χ3v) is 4.65. The number of pyridine rings is 1. The van der Waals surface area contributed by atoms with E-state index >= 15 is 0 Å². The van der Waals surface area contributed by atoms with Gasteiger partial charge in [-0.1, -0.05) is 6.07 Å². The van der Waals surface area contributed by atoms with Gasteiger partial charge in [-0.2, -0.15) is 0 Å². The molecule has 0 N–H and O–H groups in total. The largest absolute Gasteiger partial charge is 0.341 e. The van der Waals surface area contributed by atoms with Crippen LogP contribution < -0.4 is 0 Å². The van der Waals surface area contributed by atoms with Crippen molar-refractivity contribution in [3.8, 4) is 0 Å². The zero-order chi connectivity index (χ0) is 15.4. The van der Waals surface area contributed by atoms with Crippen molar-refractivity contribution in [1.82, 2.24) is 14.8 Å². The van der Waals surface area contributed by atoms with Gasteiger partial charge in [0.15, 0.2) is 0 Å². The Kier molecular flexibility index (Phi) is 4.71. The normalized spacial score (nSPS) is 22.2. The number of aromatic nitrogens is 1. The number of carbonyl (C=O) groups is 2. The third-order valence-electron chi connectivity index (χ3n) is 4.65. The van der Waals surface area contributed by atoms with Crippen LogP contribution >= 0.6 is 0 Å². The molecule has 5 nitrogen and oxygen atoms in total. The lowest BCUT2D eigenvalue weighted by atomic mass is 10.0. The Bertz CT molecular complexity index is 532. The van der Waals surface area contributed by atoms with Crippen LogP contribution in [-0.2, 0) is 16.0 Å². The maximum Gasteiger partial charge on any atom is 0.222 e. The van der Waals surface area contributed by atoms with Gasteiger partial charge in [-0.25, -0.2) is 0 Å². The lowest BCUT2D eigenvalue weighted by Gasteiger charge is -2.37. The van der Waals surface area contributed by atoms with E-state index in [1.165, 1.54) is 0 Å². The van der Waals surface area contributed by atoms with Gasteiger partial charge in [0.1, 0.15) is 0 Å². The molecule has 2 aliphatic heterocycles. The minimum atomic E-state index is 0.195. The van der Waals surface area contributed by atoms with E-state index in [9.17, 15) is 9.59 Å². The highest BCUT2D eigenvalue weighted by atomic mass is 16.2. The van der Waals surface area contributed by atoms with Crippen molar-refractivity contribution < 1.29 is 9.59 Å². The fourth-order valence-electron chi connectivity index (χ4n) is 3.45. The lowest BCUT2D eigenvalue weighted by molar-refractivity contribution is -0.137. The summed E-state index contributed by atoms with van der Waals surface area (Å²) in [6, 6.07) is 4.13. The summed E-state index contributed by atoms with van der Waals surface area (Å²) in [5.41, 5.74) is 1.10. The average Bonchev–Trinajstić information content (AvgIpc) is 3.00. The van der Waals surface area contributed by atoms with Crippen molar-refractivity contribution in [2.45, 2.75) is 44.6 Å². The van der Waals surface area contributed by atoms with Crippen molar-refractivity contribution in [1.29, 1.82) is 0 Å². The minimum Gasteiger partial charge on any atom is -0.341 e. The second-order valence-electron chi connectivity index (χ2n) is 6.19. The van der Waals surface area contributed by atoms with E-state index in [1.807, 2.05) is 28.1 Å². The summed E-state index contributed by atoms with van der Waals surface area (Å²) in [6.45, 7) is 2.39. The molecule has 0 bridgehead atoms. The summed E-state index contributed by atoms with van der Waals surface area (Å²) >= 11 is 0. The van der Waals surface area contributed by atoms with Crippen molar-refractivity contribution in [3.63, 3.8) is 0 Å². The van der Waals surface area contributed by atoms with E-state index in [-0.39, 0.29) is 17.9 Å². The number of piperidine rings is 1. The van der Waals surface area contributed by atoms with Crippen LogP contribution in [-0.4, -0.2) is 52.3 Å². The molecule has 0 aromatic carbocycles. The van der Waals surface area contributed by atoms with E-state index < -0.39 is 0 Å². The molecular formula is C17H23N3O2. The summed E-state index contributed by atoms with van der Waals surface area (Å²) in [5.74, 6) is 0.454. The van der Waals surface area contributed by atoms with E-state index in [0.717, 1.165) is 44.3 Å². The van der Waals surface area contributed by atoms with E-state index in [4.69, 9.17) is 0 Å². The molecule has 2 amide bonds. The Labute approximate surface area is 131 Å². The first-order chi connectivity index (χ1) is 10.7. The second kappa shape index (κ2) is 6.90. The number of hydrogen-bond acceptors (Lipinski definition) is 3. The van der Waals surface area contributed by atoms with Gasteiger partial charge in [0, 0.05) is 50.9 Å². The van der Waals surface area contributed by atoms with Gasteiger partial charge in [0.2, 0.25) is 11.8 Å². The molecular weight excluding hydrogens is 278 g/mol. The molecule has 1 aromatic heterocycles. The van der Waals surface area contributed by atoms with Crippen LogP contribution in [0.3, 0.4) is 0 Å². The highest BCUT2D eigenvalue weighted by Gasteiger charge is 2.32. The van der Waals surface area contributed by atoms with Crippen LogP contribution in [0.15, 0.2) is 24.5 Å². The molecule has 0 aliphatic carbocycles. The minimum absolute atomic E-state index is 0.195. The summed E-state index contributed by atoms with van der Waals surface area (Å²) < 4.78 is 0. The summed E-state index contributed by atoms with van der Waals surface area (Å²) in [5, 5.41) is 0.